The number of hydrogen-bond acceptors (Lipinski definition) is 1. The second kappa shape index (κ2) is 7.09. The average Bonchev–Trinajstić information content (AvgIpc) is 2.96. The van der Waals surface area contributed by atoms with Crippen LogP contribution >= 0.6 is 0 Å². The van der Waals surface area contributed by atoms with Crippen LogP contribution in [0.3, 0.4) is 0 Å². The molecule has 1 saturated carbocycles. The Kier molecular flexibility index (Phi) is 5.11. The molecule has 0 aliphatic heterocycles. The van der Waals surface area contributed by atoms with Crippen LogP contribution in [-0.4, -0.2) is 9.67 Å². The predicted molar refractivity (Wildman–Crippen MR) is 97.6 cm³/mol. The van der Waals surface area contributed by atoms with E-state index in [4.69, 9.17) is 0 Å². The third kappa shape index (κ3) is 3.33. The van der Waals surface area contributed by atoms with E-state index in [1.54, 1.807) is 0 Å². The molecule has 23 heavy (non-hydrogen) atoms. The van der Waals surface area contributed by atoms with Gasteiger partial charge >= 0.3 is 0 Å². The van der Waals surface area contributed by atoms with Crippen molar-refractivity contribution in [1.29, 1.82) is 0 Å². The fourth-order valence-electron chi connectivity index (χ4n) is 4.25. The highest BCUT2D eigenvalue weighted by Gasteiger charge is 2.36. The molecule has 1 fully saturated rings. The maximum Gasteiger partial charge on any atom is 0.0917 e. The van der Waals surface area contributed by atoms with Crippen molar-refractivity contribution in [2.24, 2.45) is 5.92 Å². The van der Waals surface area contributed by atoms with Gasteiger partial charge in [0.05, 0.1) is 5.60 Å². The van der Waals surface area contributed by atoms with Gasteiger partial charge in [-0.25, -0.2) is 0 Å². The van der Waals surface area contributed by atoms with Crippen molar-refractivity contribution >= 4 is 10.9 Å². The highest BCUT2D eigenvalue weighted by atomic mass is 16.3. The first-order valence-electron chi connectivity index (χ1n) is 9.45. The highest BCUT2D eigenvalue weighted by Crippen LogP contribution is 2.42. The molecule has 2 heteroatoms. The molecular formula is C21H31NO. The molecule has 0 radical (unpaired) electrons. The quantitative estimate of drug-likeness (QED) is 0.688. The SMILES string of the molecule is CCCCCn1cc(C(C)(O)C2CCCCC2)c2ccccc21. The lowest BCUT2D eigenvalue weighted by Crippen LogP contribution is -2.33. The number of para-hydroxylation sites is 1. The van der Waals surface area contributed by atoms with Gasteiger partial charge in [-0.3, -0.25) is 0 Å². The molecule has 126 valence electrons. The fourth-order valence-corrected chi connectivity index (χ4v) is 4.25. The van der Waals surface area contributed by atoms with E-state index >= 15 is 0 Å². The number of hydrogen-bond donors (Lipinski definition) is 1. The minimum Gasteiger partial charge on any atom is -0.385 e. The maximum absolute atomic E-state index is 11.4. The number of aliphatic hydroxyl groups is 1. The van der Waals surface area contributed by atoms with Gasteiger partial charge in [0, 0.05) is 29.2 Å². The molecule has 1 heterocycles. The number of aryl methyl sites for hydroxylation is 1. The summed E-state index contributed by atoms with van der Waals surface area (Å²) in [6.07, 6.45) is 12.1. The number of nitrogens with zero attached hydrogens (tertiary/aromatic N) is 1. The molecule has 2 nitrogen and oxygen atoms in total. The summed E-state index contributed by atoms with van der Waals surface area (Å²) < 4.78 is 2.36. The topological polar surface area (TPSA) is 25.2 Å². The minimum absolute atomic E-state index is 0.395. The second-order valence-corrected chi connectivity index (χ2v) is 7.44. The van der Waals surface area contributed by atoms with Crippen LogP contribution in [0.15, 0.2) is 30.5 Å². The first-order chi connectivity index (χ1) is 11.1. The van der Waals surface area contributed by atoms with Gasteiger partial charge < -0.3 is 9.67 Å². The first-order valence-corrected chi connectivity index (χ1v) is 9.45. The van der Waals surface area contributed by atoms with Gasteiger partial charge in [-0.05, 0) is 38.2 Å². The first kappa shape index (κ1) is 16.6. The number of rotatable bonds is 6. The second-order valence-electron chi connectivity index (χ2n) is 7.44. The third-order valence-electron chi connectivity index (χ3n) is 5.74. The van der Waals surface area contributed by atoms with Crippen molar-refractivity contribution in [3.63, 3.8) is 0 Å². The van der Waals surface area contributed by atoms with Gasteiger partial charge in [-0.1, -0.05) is 57.2 Å². The van der Waals surface area contributed by atoms with Crippen molar-refractivity contribution in [1.82, 2.24) is 4.57 Å². The van der Waals surface area contributed by atoms with Crippen molar-refractivity contribution in [3.05, 3.63) is 36.0 Å². The molecule has 1 aromatic heterocycles. The van der Waals surface area contributed by atoms with Crippen LogP contribution in [0.2, 0.25) is 0 Å². The lowest BCUT2D eigenvalue weighted by atomic mass is 9.74. The third-order valence-corrected chi connectivity index (χ3v) is 5.74. The number of fused-ring (bicyclic) bond motifs is 1. The molecular weight excluding hydrogens is 282 g/mol. The zero-order valence-corrected chi connectivity index (χ0v) is 14.7. The van der Waals surface area contributed by atoms with Crippen LogP contribution < -0.4 is 0 Å². The molecule has 1 aliphatic carbocycles. The minimum atomic E-state index is -0.712. The lowest BCUT2D eigenvalue weighted by molar-refractivity contribution is -0.0203. The fraction of sp³-hybridized carbons (Fsp3) is 0.619. The average molecular weight is 313 g/mol. The molecule has 0 saturated heterocycles. The Morgan fingerprint density at radius 3 is 2.61 bits per heavy atom. The van der Waals surface area contributed by atoms with Gasteiger partial charge in [0.2, 0.25) is 0 Å². The lowest BCUT2D eigenvalue weighted by Gasteiger charge is -2.35. The van der Waals surface area contributed by atoms with Crippen LogP contribution in [0.25, 0.3) is 10.9 Å². The Morgan fingerprint density at radius 1 is 1.13 bits per heavy atom. The smallest absolute Gasteiger partial charge is 0.0917 e. The van der Waals surface area contributed by atoms with E-state index in [1.165, 1.54) is 49.4 Å². The Hall–Kier alpha value is -1.28. The van der Waals surface area contributed by atoms with Crippen LogP contribution in [0, 0.1) is 5.92 Å². The summed E-state index contributed by atoms with van der Waals surface area (Å²) in [6, 6.07) is 8.58. The predicted octanol–water partition coefficient (Wildman–Crippen LogP) is 5.62. The summed E-state index contributed by atoms with van der Waals surface area (Å²) in [4.78, 5) is 0. The highest BCUT2D eigenvalue weighted by molar-refractivity contribution is 5.84. The van der Waals surface area contributed by atoms with E-state index in [1.807, 2.05) is 6.92 Å². The summed E-state index contributed by atoms with van der Waals surface area (Å²) in [7, 11) is 0. The van der Waals surface area contributed by atoms with E-state index in [0.29, 0.717) is 5.92 Å². The summed E-state index contributed by atoms with van der Waals surface area (Å²) in [5, 5.41) is 12.6. The largest absolute Gasteiger partial charge is 0.385 e. The Bertz CT molecular complexity index is 634. The van der Waals surface area contributed by atoms with Gasteiger partial charge in [-0.2, -0.15) is 0 Å². The molecule has 0 spiro atoms. The molecule has 1 N–H and O–H groups in total. The van der Waals surface area contributed by atoms with E-state index < -0.39 is 5.60 Å². The van der Waals surface area contributed by atoms with Crippen LogP contribution in [-0.2, 0) is 12.1 Å². The Labute approximate surface area is 140 Å². The van der Waals surface area contributed by atoms with Gasteiger partial charge in [0.1, 0.15) is 0 Å². The Balaban J connectivity index is 1.96. The van der Waals surface area contributed by atoms with Crippen LogP contribution in [0.5, 0.6) is 0 Å². The van der Waals surface area contributed by atoms with E-state index in [9.17, 15) is 5.11 Å². The van der Waals surface area contributed by atoms with Crippen molar-refractivity contribution < 1.29 is 5.11 Å². The number of unbranched alkanes of at least 4 members (excludes halogenated alkanes) is 2. The molecule has 1 aliphatic rings. The van der Waals surface area contributed by atoms with Gasteiger partial charge in [0.15, 0.2) is 0 Å². The van der Waals surface area contributed by atoms with E-state index in [0.717, 1.165) is 24.9 Å². The molecule has 1 aromatic carbocycles. The summed E-state index contributed by atoms with van der Waals surface area (Å²) >= 11 is 0. The van der Waals surface area contributed by atoms with E-state index in [2.05, 4.69) is 42.0 Å². The van der Waals surface area contributed by atoms with E-state index in [-0.39, 0.29) is 0 Å². The number of aromatic nitrogens is 1. The molecule has 0 bridgehead atoms. The molecule has 3 rings (SSSR count). The van der Waals surface area contributed by atoms with Crippen molar-refractivity contribution in [3.8, 4) is 0 Å². The van der Waals surface area contributed by atoms with Crippen molar-refractivity contribution in [2.45, 2.75) is 77.4 Å². The zero-order valence-electron chi connectivity index (χ0n) is 14.7. The van der Waals surface area contributed by atoms with Crippen LogP contribution in [0.4, 0.5) is 0 Å². The summed E-state index contributed by atoms with van der Waals surface area (Å²) in [6.45, 7) is 5.34. The number of benzene rings is 1. The van der Waals surface area contributed by atoms with Crippen LogP contribution in [0.1, 0.15) is 70.8 Å². The molecule has 1 unspecified atom stereocenters. The molecule has 1 atom stereocenters. The Morgan fingerprint density at radius 2 is 1.87 bits per heavy atom. The summed E-state index contributed by atoms with van der Waals surface area (Å²) in [5.74, 6) is 0.395. The normalized spacial score (nSPS) is 19.1. The summed E-state index contributed by atoms with van der Waals surface area (Å²) in [5.41, 5.74) is 1.70. The standard InChI is InChI=1S/C21H31NO/c1-3-4-10-15-22-16-19(18-13-8-9-14-20(18)22)21(2,23)17-11-6-5-7-12-17/h8-9,13-14,16-17,23H,3-7,10-12,15H2,1-2H3. The van der Waals surface area contributed by atoms with Crippen molar-refractivity contribution in [2.75, 3.05) is 0 Å². The molecule has 0 amide bonds. The van der Waals surface area contributed by atoms with Gasteiger partial charge in [0.25, 0.3) is 0 Å². The maximum atomic E-state index is 11.4. The molecule has 2 aromatic rings. The monoisotopic (exact) mass is 313 g/mol. The van der Waals surface area contributed by atoms with Gasteiger partial charge in [-0.15, -0.1) is 0 Å². The zero-order chi connectivity index (χ0) is 16.3.